The van der Waals surface area contributed by atoms with Crippen LogP contribution in [0, 0.1) is 0 Å². The van der Waals surface area contributed by atoms with E-state index in [9.17, 15) is 4.79 Å². The first-order valence-electron chi connectivity index (χ1n) is 5.95. The van der Waals surface area contributed by atoms with Gasteiger partial charge in [-0.3, -0.25) is 9.48 Å². The van der Waals surface area contributed by atoms with E-state index in [4.69, 9.17) is 4.74 Å². The number of aromatic nitrogens is 2. The minimum Gasteiger partial charge on any atom is -0.493 e. The summed E-state index contributed by atoms with van der Waals surface area (Å²) < 4.78 is 6.70. The largest absolute Gasteiger partial charge is 0.493 e. The Morgan fingerprint density at radius 1 is 1.47 bits per heavy atom. The van der Waals surface area contributed by atoms with Crippen molar-refractivity contribution in [3.8, 4) is 5.75 Å². The number of hydrogen-bond donors (Lipinski definition) is 0. The van der Waals surface area contributed by atoms with Crippen LogP contribution in [0.1, 0.15) is 30.8 Å². The third kappa shape index (κ3) is 3.30. The van der Waals surface area contributed by atoms with Crippen molar-refractivity contribution in [3.05, 3.63) is 11.9 Å². The average Bonchev–Trinajstić information content (AvgIpc) is 2.71. The molecule has 1 aromatic heterocycles. The number of hydrogen-bond acceptors (Lipinski definition) is 4. The second-order valence-electron chi connectivity index (χ2n) is 3.89. The van der Waals surface area contributed by atoms with Gasteiger partial charge in [0, 0.05) is 20.0 Å². The van der Waals surface area contributed by atoms with Gasteiger partial charge in [0.2, 0.25) is 0 Å². The molecule has 0 fully saturated rings. The molecule has 0 aromatic carbocycles. The lowest BCUT2D eigenvalue weighted by Crippen LogP contribution is -2.26. The van der Waals surface area contributed by atoms with Gasteiger partial charge in [-0.2, -0.15) is 5.10 Å². The summed E-state index contributed by atoms with van der Waals surface area (Å²) in [5, 5.41) is 4.03. The summed E-state index contributed by atoms with van der Waals surface area (Å²) in [4.78, 5) is 14.3. The maximum absolute atomic E-state index is 12.1. The van der Waals surface area contributed by atoms with Gasteiger partial charge >= 0.3 is 0 Å². The maximum Gasteiger partial charge on any atom is 0.185 e. The highest BCUT2D eigenvalue weighted by Gasteiger charge is 2.17. The molecule has 17 heavy (non-hydrogen) atoms. The van der Waals surface area contributed by atoms with E-state index in [1.807, 2.05) is 0 Å². The number of carbonyl (C=O) groups excluding carboxylic acids is 1. The van der Waals surface area contributed by atoms with E-state index >= 15 is 0 Å². The van der Waals surface area contributed by atoms with Crippen molar-refractivity contribution in [3.63, 3.8) is 0 Å². The predicted octanol–water partition coefficient (Wildman–Crippen LogP) is 1.34. The lowest BCUT2D eigenvalue weighted by atomic mass is 10.2. The normalized spacial score (nSPS) is 10.9. The molecular weight excluding hydrogens is 218 g/mol. The molecule has 0 atom stereocenters. The zero-order valence-corrected chi connectivity index (χ0v) is 11.1. The zero-order chi connectivity index (χ0) is 12.8. The molecule has 1 rings (SSSR count). The van der Waals surface area contributed by atoms with Crippen molar-refractivity contribution < 1.29 is 9.53 Å². The third-order valence-corrected chi connectivity index (χ3v) is 2.94. The molecular formula is C12H21N3O2. The summed E-state index contributed by atoms with van der Waals surface area (Å²) in [7, 11) is 3.31. The van der Waals surface area contributed by atoms with E-state index in [0.29, 0.717) is 17.9 Å². The molecule has 0 bridgehead atoms. The Balaban J connectivity index is 2.66. The molecule has 0 aliphatic carbocycles. The van der Waals surface area contributed by atoms with Gasteiger partial charge in [-0.1, -0.05) is 13.8 Å². The van der Waals surface area contributed by atoms with Gasteiger partial charge in [-0.25, -0.2) is 0 Å². The Morgan fingerprint density at radius 3 is 2.65 bits per heavy atom. The Kier molecular flexibility index (Phi) is 5.15. The van der Waals surface area contributed by atoms with Crippen molar-refractivity contribution in [2.45, 2.75) is 20.3 Å². The van der Waals surface area contributed by atoms with Crippen LogP contribution in [-0.2, 0) is 7.05 Å². The second kappa shape index (κ2) is 6.39. The first-order valence-corrected chi connectivity index (χ1v) is 5.95. The highest BCUT2D eigenvalue weighted by Crippen LogP contribution is 2.18. The number of ether oxygens (including phenoxy) is 1. The number of Topliss-reactive ketones (excluding diaryl/α,β-unsaturated/α-hetero) is 1. The molecule has 5 heteroatoms. The van der Waals surface area contributed by atoms with Gasteiger partial charge < -0.3 is 9.64 Å². The topological polar surface area (TPSA) is 47.4 Å². The van der Waals surface area contributed by atoms with Gasteiger partial charge in [0.25, 0.3) is 0 Å². The number of nitrogens with zero attached hydrogens (tertiary/aromatic N) is 3. The van der Waals surface area contributed by atoms with Gasteiger partial charge in [0.05, 0.1) is 13.3 Å². The van der Waals surface area contributed by atoms with Crippen LogP contribution in [0.4, 0.5) is 0 Å². The molecule has 0 radical (unpaired) electrons. The second-order valence-corrected chi connectivity index (χ2v) is 3.89. The molecule has 1 heterocycles. The SMILES string of the molecule is CCN(CC)CCC(=O)c1c(OC)cnn1C. The Labute approximate surface area is 102 Å². The Morgan fingerprint density at radius 2 is 2.12 bits per heavy atom. The summed E-state index contributed by atoms with van der Waals surface area (Å²) in [5.41, 5.74) is 0.555. The first kappa shape index (κ1) is 13.7. The van der Waals surface area contributed by atoms with Crippen LogP contribution >= 0.6 is 0 Å². The highest BCUT2D eigenvalue weighted by molar-refractivity contribution is 5.97. The number of rotatable bonds is 7. The van der Waals surface area contributed by atoms with E-state index in [1.165, 1.54) is 0 Å². The molecule has 5 nitrogen and oxygen atoms in total. The monoisotopic (exact) mass is 239 g/mol. The Hall–Kier alpha value is -1.36. The van der Waals surface area contributed by atoms with Gasteiger partial charge in [-0.05, 0) is 13.1 Å². The smallest absolute Gasteiger partial charge is 0.185 e. The fourth-order valence-corrected chi connectivity index (χ4v) is 1.80. The molecule has 0 aliphatic heterocycles. The number of methoxy groups -OCH3 is 1. The zero-order valence-electron chi connectivity index (χ0n) is 11.1. The summed E-state index contributed by atoms with van der Waals surface area (Å²) >= 11 is 0. The minimum absolute atomic E-state index is 0.0775. The number of ketones is 1. The standard InChI is InChI=1S/C12H21N3O2/c1-5-15(6-2)8-7-10(16)12-11(17-4)9-13-14(12)3/h9H,5-8H2,1-4H3. The Bertz CT molecular complexity index is 370. The van der Waals surface area contributed by atoms with Gasteiger partial charge in [-0.15, -0.1) is 0 Å². The minimum atomic E-state index is 0.0775. The van der Waals surface area contributed by atoms with E-state index in [1.54, 1.807) is 25.0 Å². The van der Waals surface area contributed by atoms with Crippen LogP contribution < -0.4 is 4.74 Å². The lowest BCUT2D eigenvalue weighted by molar-refractivity contribution is 0.0954. The molecule has 0 aliphatic rings. The van der Waals surface area contributed by atoms with Crippen LogP contribution in [0.15, 0.2) is 6.20 Å². The van der Waals surface area contributed by atoms with Crippen molar-refractivity contribution >= 4 is 5.78 Å². The average molecular weight is 239 g/mol. The fourth-order valence-electron chi connectivity index (χ4n) is 1.80. The lowest BCUT2D eigenvalue weighted by Gasteiger charge is -2.17. The van der Waals surface area contributed by atoms with Crippen LogP contribution in [0.2, 0.25) is 0 Å². The molecule has 0 amide bonds. The summed E-state index contributed by atoms with van der Waals surface area (Å²) in [5.74, 6) is 0.630. The molecule has 0 saturated carbocycles. The molecule has 0 unspecified atom stereocenters. The molecule has 0 saturated heterocycles. The molecule has 0 spiro atoms. The first-order chi connectivity index (χ1) is 8.13. The van der Waals surface area contributed by atoms with E-state index < -0.39 is 0 Å². The summed E-state index contributed by atoms with van der Waals surface area (Å²) in [6.45, 7) is 6.90. The van der Waals surface area contributed by atoms with Crippen LogP contribution in [-0.4, -0.2) is 47.2 Å². The predicted molar refractivity (Wildman–Crippen MR) is 66.5 cm³/mol. The summed E-state index contributed by atoms with van der Waals surface area (Å²) in [6, 6.07) is 0. The van der Waals surface area contributed by atoms with Crippen LogP contribution in [0.25, 0.3) is 0 Å². The van der Waals surface area contributed by atoms with E-state index in [0.717, 1.165) is 19.6 Å². The van der Waals surface area contributed by atoms with E-state index in [-0.39, 0.29) is 5.78 Å². The van der Waals surface area contributed by atoms with E-state index in [2.05, 4.69) is 23.8 Å². The van der Waals surface area contributed by atoms with Crippen LogP contribution in [0.3, 0.4) is 0 Å². The van der Waals surface area contributed by atoms with Crippen molar-refractivity contribution in [2.24, 2.45) is 7.05 Å². The van der Waals surface area contributed by atoms with Crippen molar-refractivity contribution in [1.29, 1.82) is 0 Å². The third-order valence-electron chi connectivity index (χ3n) is 2.94. The maximum atomic E-state index is 12.1. The molecule has 96 valence electrons. The quantitative estimate of drug-likeness (QED) is 0.674. The number of aryl methyl sites for hydroxylation is 1. The molecule has 1 aromatic rings. The number of carbonyl (C=O) groups is 1. The molecule has 0 N–H and O–H groups in total. The van der Waals surface area contributed by atoms with Crippen LogP contribution in [0.5, 0.6) is 5.75 Å². The van der Waals surface area contributed by atoms with Gasteiger partial charge in [0.1, 0.15) is 5.69 Å². The van der Waals surface area contributed by atoms with Gasteiger partial charge in [0.15, 0.2) is 11.5 Å². The van der Waals surface area contributed by atoms with Crippen molar-refractivity contribution in [1.82, 2.24) is 14.7 Å². The highest BCUT2D eigenvalue weighted by atomic mass is 16.5. The fraction of sp³-hybridized carbons (Fsp3) is 0.667. The van der Waals surface area contributed by atoms with Crippen molar-refractivity contribution in [2.75, 3.05) is 26.7 Å². The summed E-state index contributed by atoms with van der Waals surface area (Å²) in [6.07, 6.45) is 2.07.